The second-order valence-corrected chi connectivity index (χ2v) is 5.60. The molecule has 0 heterocycles. The van der Waals surface area contributed by atoms with Crippen LogP contribution in [0.25, 0.3) is 0 Å². The summed E-state index contributed by atoms with van der Waals surface area (Å²) in [6.07, 6.45) is 2.04. The Morgan fingerprint density at radius 3 is 2.60 bits per heavy atom. The van der Waals surface area contributed by atoms with Crippen molar-refractivity contribution in [2.75, 3.05) is 20.8 Å². The van der Waals surface area contributed by atoms with Gasteiger partial charge in [-0.3, -0.25) is 4.79 Å². The summed E-state index contributed by atoms with van der Waals surface area (Å²) < 4.78 is 16.2. The molecule has 0 radical (unpaired) electrons. The molecule has 0 aromatic heterocycles. The van der Waals surface area contributed by atoms with E-state index in [0.717, 1.165) is 24.2 Å². The van der Waals surface area contributed by atoms with Crippen LogP contribution in [0, 0.1) is 0 Å². The van der Waals surface area contributed by atoms with E-state index >= 15 is 0 Å². The van der Waals surface area contributed by atoms with E-state index in [-0.39, 0.29) is 5.91 Å². The SMILES string of the molecule is CCCCOc1ccc(C(=O)NCc2cccc(OC)c2)cc1OC. The van der Waals surface area contributed by atoms with Gasteiger partial charge in [0.25, 0.3) is 5.91 Å². The number of nitrogens with one attached hydrogen (secondary N) is 1. The fourth-order valence-electron chi connectivity index (χ4n) is 2.32. The fraction of sp³-hybridized carbons (Fsp3) is 0.350. The van der Waals surface area contributed by atoms with Crippen molar-refractivity contribution < 1.29 is 19.0 Å². The maximum atomic E-state index is 12.4. The lowest BCUT2D eigenvalue weighted by Crippen LogP contribution is -2.22. The third-order valence-electron chi connectivity index (χ3n) is 3.77. The summed E-state index contributed by atoms with van der Waals surface area (Å²) in [5.41, 5.74) is 1.50. The first kappa shape index (κ1) is 18.6. The Bertz CT molecular complexity index is 700. The number of carbonyl (C=O) groups is 1. The van der Waals surface area contributed by atoms with Crippen LogP contribution < -0.4 is 19.5 Å². The smallest absolute Gasteiger partial charge is 0.251 e. The van der Waals surface area contributed by atoms with Crippen LogP contribution >= 0.6 is 0 Å². The van der Waals surface area contributed by atoms with Crippen LogP contribution in [0.5, 0.6) is 17.2 Å². The van der Waals surface area contributed by atoms with Gasteiger partial charge in [0.2, 0.25) is 0 Å². The average molecular weight is 343 g/mol. The molecule has 0 aliphatic rings. The highest BCUT2D eigenvalue weighted by Crippen LogP contribution is 2.28. The average Bonchev–Trinajstić information content (AvgIpc) is 2.66. The van der Waals surface area contributed by atoms with Crippen LogP contribution in [-0.2, 0) is 6.54 Å². The Kier molecular flexibility index (Phi) is 7.14. The monoisotopic (exact) mass is 343 g/mol. The van der Waals surface area contributed by atoms with Gasteiger partial charge in [0.15, 0.2) is 11.5 Å². The molecule has 0 fully saturated rings. The van der Waals surface area contributed by atoms with Gasteiger partial charge >= 0.3 is 0 Å². The summed E-state index contributed by atoms with van der Waals surface area (Å²) in [5, 5.41) is 2.90. The van der Waals surface area contributed by atoms with Gasteiger partial charge in [-0.15, -0.1) is 0 Å². The van der Waals surface area contributed by atoms with Gasteiger partial charge in [-0.25, -0.2) is 0 Å². The molecule has 1 N–H and O–H groups in total. The number of carbonyl (C=O) groups excluding carboxylic acids is 1. The van der Waals surface area contributed by atoms with Crippen LogP contribution in [0.4, 0.5) is 0 Å². The molecule has 0 atom stereocenters. The van der Waals surface area contributed by atoms with Crippen LogP contribution in [0.15, 0.2) is 42.5 Å². The van der Waals surface area contributed by atoms with Gasteiger partial charge in [0.1, 0.15) is 5.75 Å². The zero-order valence-corrected chi connectivity index (χ0v) is 15.0. The van der Waals surface area contributed by atoms with E-state index in [2.05, 4.69) is 12.2 Å². The predicted molar refractivity (Wildman–Crippen MR) is 97.6 cm³/mol. The van der Waals surface area contributed by atoms with Gasteiger partial charge in [-0.05, 0) is 42.3 Å². The minimum absolute atomic E-state index is 0.166. The highest BCUT2D eigenvalue weighted by atomic mass is 16.5. The first-order valence-corrected chi connectivity index (χ1v) is 8.40. The maximum Gasteiger partial charge on any atom is 0.251 e. The quantitative estimate of drug-likeness (QED) is 0.704. The Morgan fingerprint density at radius 2 is 1.88 bits per heavy atom. The number of amides is 1. The summed E-state index contributed by atoms with van der Waals surface area (Å²) in [7, 11) is 3.19. The van der Waals surface area contributed by atoms with Crippen molar-refractivity contribution in [2.24, 2.45) is 0 Å². The number of benzene rings is 2. The topological polar surface area (TPSA) is 56.8 Å². The molecule has 25 heavy (non-hydrogen) atoms. The van der Waals surface area contributed by atoms with Crippen LogP contribution in [0.1, 0.15) is 35.7 Å². The van der Waals surface area contributed by atoms with E-state index in [4.69, 9.17) is 14.2 Å². The summed E-state index contributed by atoms with van der Waals surface area (Å²) in [4.78, 5) is 12.4. The molecule has 2 rings (SSSR count). The minimum Gasteiger partial charge on any atom is -0.497 e. The molecule has 0 spiro atoms. The van der Waals surface area contributed by atoms with E-state index in [9.17, 15) is 4.79 Å². The first-order valence-electron chi connectivity index (χ1n) is 8.40. The number of methoxy groups -OCH3 is 2. The number of hydrogen-bond acceptors (Lipinski definition) is 4. The largest absolute Gasteiger partial charge is 0.497 e. The van der Waals surface area contributed by atoms with Crippen LogP contribution in [0.2, 0.25) is 0 Å². The summed E-state index contributed by atoms with van der Waals surface area (Å²) in [5.74, 6) is 1.81. The van der Waals surface area contributed by atoms with Crippen molar-refractivity contribution in [2.45, 2.75) is 26.3 Å². The van der Waals surface area contributed by atoms with E-state index in [1.165, 1.54) is 0 Å². The first-order chi connectivity index (χ1) is 12.2. The third-order valence-corrected chi connectivity index (χ3v) is 3.77. The van der Waals surface area contributed by atoms with Gasteiger partial charge in [0, 0.05) is 12.1 Å². The minimum atomic E-state index is -0.166. The number of unbranched alkanes of at least 4 members (excludes halogenated alkanes) is 1. The highest BCUT2D eigenvalue weighted by Gasteiger charge is 2.11. The molecule has 0 bridgehead atoms. The van der Waals surface area contributed by atoms with Crippen molar-refractivity contribution in [1.29, 1.82) is 0 Å². The lowest BCUT2D eigenvalue weighted by atomic mass is 10.1. The zero-order chi connectivity index (χ0) is 18.1. The molecule has 0 aliphatic heterocycles. The van der Waals surface area contributed by atoms with Gasteiger partial charge in [0.05, 0.1) is 20.8 Å². The van der Waals surface area contributed by atoms with E-state index in [0.29, 0.717) is 30.2 Å². The number of ether oxygens (including phenoxy) is 3. The molecule has 0 unspecified atom stereocenters. The van der Waals surface area contributed by atoms with Gasteiger partial charge in [-0.2, -0.15) is 0 Å². The number of rotatable bonds is 9. The normalized spacial score (nSPS) is 10.2. The highest BCUT2D eigenvalue weighted by molar-refractivity contribution is 5.94. The molecule has 2 aromatic rings. The van der Waals surface area contributed by atoms with Gasteiger partial charge < -0.3 is 19.5 Å². The number of hydrogen-bond donors (Lipinski definition) is 1. The Labute approximate surface area is 148 Å². The third kappa shape index (κ3) is 5.41. The van der Waals surface area contributed by atoms with Gasteiger partial charge in [-0.1, -0.05) is 25.5 Å². The predicted octanol–water partition coefficient (Wildman–Crippen LogP) is 3.81. The Morgan fingerprint density at radius 1 is 1.04 bits per heavy atom. The Hall–Kier alpha value is -2.69. The van der Waals surface area contributed by atoms with E-state index < -0.39 is 0 Å². The molecule has 134 valence electrons. The van der Waals surface area contributed by atoms with Crippen molar-refractivity contribution in [1.82, 2.24) is 5.32 Å². The summed E-state index contributed by atoms with van der Waals surface area (Å²) in [6, 6.07) is 12.8. The lowest BCUT2D eigenvalue weighted by molar-refractivity contribution is 0.0950. The maximum absolute atomic E-state index is 12.4. The standard InChI is InChI=1S/C20H25NO4/c1-4-5-11-25-18-10-9-16(13-19(18)24-3)20(22)21-14-15-7-6-8-17(12-15)23-2/h6-10,12-13H,4-5,11,14H2,1-3H3,(H,21,22). The zero-order valence-electron chi connectivity index (χ0n) is 15.0. The lowest BCUT2D eigenvalue weighted by Gasteiger charge is -2.12. The molecule has 5 nitrogen and oxygen atoms in total. The van der Waals surface area contributed by atoms with Crippen molar-refractivity contribution >= 4 is 5.91 Å². The van der Waals surface area contributed by atoms with Crippen LogP contribution in [-0.4, -0.2) is 26.7 Å². The Balaban J connectivity index is 2.00. The van der Waals surface area contributed by atoms with E-state index in [1.807, 2.05) is 24.3 Å². The molecule has 1 amide bonds. The van der Waals surface area contributed by atoms with E-state index in [1.54, 1.807) is 32.4 Å². The fourth-order valence-corrected chi connectivity index (χ4v) is 2.32. The molecule has 5 heteroatoms. The van der Waals surface area contributed by atoms with Crippen molar-refractivity contribution in [3.8, 4) is 17.2 Å². The summed E-state index contributed by atoms with van der Waals surface area (Å²) in [6.45, 7) is 3.16. The second-order valence-electron chi connectivity index (χ2n) is 5.60. The molecular weight excluding hydrogens is 318 g/mol. The molecule has 0 saturated heterocycles. The summed E-state index contributed by atoms with van der Waals surface area (Å²) >= 11 is 0. The molecule has 2 aromatic carbocycles. The second kappa shape index (κ2) is 9.57. The van der Waals surface area contributed by atoms with Crippen molar-refractivity contribution in [3.63, 3.8) is 0 Å². The molecule has 0 aliphatic carbocycles. The molecular formula is C20H25NO4. The van der Waals surface area contributed by atoms with Crippen LogP contribution in [0.3, 0.4) is 0 Å². The molecule has 0 saturated carbocycles. The van der Waals surface area contributed by atoms with Crippen molar-refractivity contribution in [3.05, 3.63) is 53.6 Å².